The van der Waals surface area contributed by atoms with Gasteiger partial charge in [0.2, 0.25) is 5.75 Å². The van der Waals surface area contributed by atoms with Crippen molar-refractivity contribution in [2.24, 2.45) is 0 Å². The Labute approximate surface area is 157 Å². The minimum Gasteiger partial charge on any atom is -0.484 e. The average molecular weight is 357 g/mol. The molecule has 27 heavy (non-hydrogen) atoms. The summed E-state index contributed by atoms with van der Waals surface area (Å²) in [6, 6.07) is 27.2. The van der Waals surface area contributed by atoms with Crippen LogP contribution >= 0.6 is 0 Å². The number of rotatable bonds is 6. The van der Waals surface area contributed by atoms with Crippen LogP contribution in [0.4, 0.5) is 0 Å². The maximum Gasteiger partial charge on any atom is 0.294 e. The molecule has 1 aromatic heterocycles. The highest BCUT2D eigenvalue weighted by atomic mass is 16.5. The number of hydrogen-bond donors (Lipinski definition) is 1. The summed E-state index contributed by atoms with van der Waals surface area (Å²) in [5.74, 6) is 0.669. The summed E-state index contributed by atoms with van der Waals surface area (Å²) in [5.41, 5.74) is 2.43. The summed E-state index contributed by atoms with van der Waals surface area (Å²) < 4.78 is 11.9. The molecule has 1 heterocycles. The van der Waals surface area contributed by atoms with Crippen molar-refractivity contribution in [2.75, 3.05) is 0 Å². The zero-order valence-electron chi connectivity index (χ0n) is 14.7. The first-order chi connectivity index (χ1) is 13.3. The van der Waals surface area contributed by atoms with Gasteiger partial charge < -0.3 is 14.5 Å². The maximum absolute atomic E-state index is 12.6. The normalized spacial score (nSPS) is 10.7. The smallest absolute Gasteiger partial charge is 0.294 e. The van der Waals surface area contributed by atoms with Crippen LogP contribution in [0.15, 0.2) is 89.7 Å². The van der Waals surface area contributed by atoms with Crippen molar-refractivity contribution in [3.8, 4) is 11.5 Å². The van der Waals surface area contributed by atoms with Gasteiger partial charge in [-0.3, -0.25) is 4.79 Å². The summed E-state index contributed by atoms with van der Waals surface area (Å²) in [7, 11) is 0. The zero-order valence-corrected chi connectivity index (χ0v) is 14.7. The van der Waals surface area contributed by atoms with Gasteiger partial charge in [-0.1, -0.05) is 72.8 Å². The lowest BCUT2D eigenvalue weighted by atomic mass is 10.2. The summed E-state index contributed by atoms with van der Waals surface area (Å²) in [5, 5.41) is 0.816. The molecular weight excluding hydrogens is 338 g/mol. The molecule has 0 unspecified atom stereocenters. The molecule has 0 radical (unpaired) electrons. The molecule has 0 saturated carbocycles. The Morgan fingerprint density at radius 1 is 0.630 bits per heavy atom. The molecule has 0 bridgehead atoms. The number of para-hydroxylation sites is 1. The Balaban J connectivity index is 1.70. The van der Waals surface area contributed by atoms with Gasteiger partial charge in [0.25, 0.3) is 5.56 Å². The molecule has 4 nitrogen and oxygen atoms in total. The van der Waals surface area contributed by atoms with E-state index in [0.29, 0.717) is 19.0 Å². The molecule has 134 valence electrons. The van der Waals surface area contributed by atoms with E-state index in [-0.39, 0.29) is 11.3 Å². The Morgan fingerprint density at radius 3 is 1.78 bits per heavy atom. The molecular formula is C23H19NO3. The second kappa shape index (κ2) is 7.79. The van der Waals surface area contributed by atoms with Gasteiger partial charge in [0.05, 0.1) is 5.52 Å². The second-order valence-corrected chi connectivity index (χ2v) is 6.21. The van der Waals surface area contributed by atoms with E-state index in [4.69, 9.17) is 9.47 Å². The number of aromatic amines is 1. The van der Waals surface area contributed by atoms with Crippen LogP contribution in [0.3, 0.4) is 0 Å². The highest BCUT2D eigenvalue weighted by Gasteiger charge is 2.16. The van der Waals surface area contributed by atoms with E-state index < -0.39 is 0 Å². The van der Waals surface area contributed by atoms with E-state index in [2.05, 4.69) is 4.98 Å². The number of pyridine rings is 1. The second-order valence-electron chi connectivity index (χ2n) is 6.21. The van der Waals surface area contributed by atoms with Crippen LogP contribution in [0, 0.1) is 0 Å². The van der Waals surface area contributed by atoms with Crippen molar-refractivity contribution in [1.29, 1.82) is 0 Å². The maximum atomic E-state index is 12.6. The first kappa shape index (κ1) is 16.9. The molecule has 0 fully saturated rings. The van der Waals surface area contributed by atoms with Crippen molar-refractivity contribution < 1.29 is 9.47 Å². The van der Waals surface area contributed by atoms with E-state index >= 15 is 0 Å². The van der Waals surface area contributed by atoms with E-state index in [1.807, 2.05) is 84.9 Å². The predicted molar refractivity (Wildman–Crippen MR) is 106 cm³/mol. The fourth-order valence-electron chi connectivity index (χ4n) is 2.93. The molecule has 3 aromatic carbocycles. The van der Waals surface area contributed by atoms with Crippen LogP contribution < -0.4 is 15.0 Å². The first-order valence-electron chi connectivity index (χ1n) is 8.80. The van der Waals surface area contributed by atoms with Gasteiger partial charge in [0.15, 0.2) is 5.75 Å². The molecule has 0 aliphatic rings. The van der Waals surface area contributed by atoms with E-state index in [1.165, 1.54) is 0 Å². The minimum atomic E-state index is -0.298. The molecule has 4 heteroatoms. The number of nitrogens with one attached hydrogen (secondary N) is 1. The van der Waals surface area contributed by atoms with Gasteiger partial charge in [-0.15, -0.1) is 0 Å². The largest absolute Gasteiger partial charge is 0.484 e. The Kier molecular flexibility index (Phi) is 4.88. The molecule has 4 aromatic rings. The number of H-pyrrole nitrogens is 1. The van der Waals surface area contributed by atoms with Crippen LogP contribution in [-0.2, 0) is 13.2 Å². The molecule has 4 rings (SSSR count). The van der Waals surface area contributed by atoms with Gasteiger partial charge in [-0.25, -0.2) is 0 Å². The Morgan fingerprint density at radius 2 is 1.15 bits per heavy atom. The van der Waals surface area contributed by atoms with E-state index in [9.17, 15) is 4.79 Å². The highest BCUT2D eigenvalue weighted by Crippen LogP contribution is 2.32. The Bertz CT molecular complexity index is 1090. The van der Waals surface area contributed by atoms with Crippen molar-refractivity contribution in [2.45, 2.75) is 13.2 Å². The standard InChI is InChI=1S/C23H19NO3/c25-23-22(27-16-18-11-5-2-6-12-18)21(19-13-7-8-14-20(19)24-23)26-15-17-9-3-1-4-10-17/h1-14H,15-16H2,(H,24,25). The summed E-state index contributed by atoms with van der Waals surface area (Å²) in [6.07, 6.45) is 0. The van der Waals surface area contributed by atoms with Crippen LogP contribution in [0.1, 0.15) is 11.1 Å². The van der Waals surface area contributed by atoms with Gasteiger partial charge in [-0.2, -0.15) is 0 Å². The van der Waals surface area contributed by atoms with Crippen molar-refractivity contribution in [3.63, 3.8) is 0 Å². The number of benzene rings is 3. The van der Waals surface area contributed by atoms with Crippen molar-refractivity contribution in [1.82, 2.24) is 4.98 Å². The average Bonchev–Trinajstić information content (AvgIpc) is 2.72. The fraction of sp³-hybridized carbons (Fsp3) is 0.0870. The number of fused-ring (bicyclic) bond motifs is 1. The summed E-state index contributed by atoms with van der Waals surface area (Å²) in [4.78, 5) is 15.5. The third kappa shape index (κ3) is 3.85. The molecule has 1 N–H and O–H groups in total. The lowest BCUT2D eigenvalue weighted by molar-refractivity contribution is 0.255. The summed E-state index contributed by atoms with van der Waals surface area (Å²) in [6.45, 7) is 0.653. The summed E-state index contributed by atoms with van der Waals surface area (Å²) >= 11 is 0. The molecule has 0 amide bonds. The molecule has 0 atom stereocenters. The molecule has 0 saturated heterocycles. The number of aromatic nitrogens is 1. The quantitative estimate of drug-likeness (QED) is 0.545. The van der Waals surface area contributed by atoms with Crippen LogP contribution in [0.5, 0.6) is 11.5 Å². The molecule has 0 spiro atoms. The van der Waals surface area contributed by atoms with Crippen LogP contribution in [0.2, 0.25) is 0 Å². The molecule has 0 aliphatic heterocycles. The molecule has 0 aliphatic carbocycles. The van der Waals surface area contributed by atoms with Gasteiger partial charge >= 0.3 is 0 Å². The van der Waals surface area contributed by atoms with Crippen LogP contribution in [0.25, 0.3) is 10.9 Å². The SMILES string of the molecule is O=c1[nH]c2ccccc2c(OCc2ccccc2)c1OCc1ccccc1. The topological polar surface area (TPSA) is 51.3 Å². The van der Waals surface area contributed by atoms with E-state index in [0.717, 1.165) is 22.0 Å². The lowest BCUT2D eigenvalue weighted by Gasteiger charge is -2.15. The van der Waals surface area contributed by atoms with Crippen molar-refractivity contribution in [3.05, 3.63) is 106 Å². The first-order valence-corrected chi connectivity index (χ1v) is 8.80. The third-order valence-electron chi connectivity index (χ3n) is 4.28. The third-order valence-corrected chi connectivity index (χ3v) is 4.28. The predicted octanol–water partition coefficient (Wildman–Crippen LogP) is 4.69. The van der Waals surface area contributed by atoms with Gasteiger partial charge in [0.1, 0.15) is 13.2 Å². The minimum absolute atomic E-state index is 0.202. The monoisotopic (exact) mass is 357 g/mol. The van der Waals surface area contributed by atoms with Gasteiger partial charge in [-0.05, 0) is 23.3 Å². The number of hydrogen-bond acceptors (Lipinski definition) is 3. The van der Waals surface area contributed by atoms with Crippen molar-refractivity contribution >= 4 is 10.9 Å². The Hall–Kier alpha value is -3.53. The van der Waals surface area contributed by atoms with Crippen LogP contribution in [-0.4, -0.2) is 4.98 Å². The zero-order chi connectivity index (χ0) is 18.5. The highest BCUT2D eigenvalue weighted by molar-refractivity contribution is 5.87. The van der Waals surface area contributed by atoms with Gasteiger partial charge in [0, 0.05) is 5.39 Å². The van der Waals surface area contributed by atoms with E-state index in [1.54, 1.807) is 0 Å². The fourth-order valence-corrected chi connectivity index (χ4v) is 2.93. The lowest BCUT2D eigenvalue weighted by Crippen LogP contribution is -2.14. The number of ether oxygens (including phenoxy) is 2.